The van der Waals surface area contributed by atoms with E-state index < -0.39 is 25.9 Å². The Morgan fingerprint density at radius 3 is 1.66 bits per heavy atom. The Kier molecular flexibility index (Phi) is 7.48. The van der Waals surface area contributed by atoms with E-state index in [2.05, 4.69) is 0 Å². The Balaban J connectivity index is 1.95. The molecular formula is C24H21F3O3S5. The maximum Gasteiger partial charge on any atom is 0.524 e. The zero-order valence-corrected chi connectivity index (χ0v) is 22.9. The molecule has 0 aliphatic heterocycles. The van der Waals surface area contributed by atoms with Gasteiger partial charge in [0.1, 0.15) is 0 Å². The molecule has 0 bridgehead atoms. The third-order valence-corrected chi connectivity index (χ3v) is 13.7. The van der Waals surface area contributed by atoms with Crippen molar-refractivity contribution in [2.24, 2.45) is 0 Å². The van der Waals surface area contributed by atoms with Crippen LogP contribution >= 0.6 is 44.7 Å². The minimum Gasteiger partial charge on any atom is -0.199 e. The van der Waals surface area contributed by atoms with Gasteiger partial charge in [-0.25, -0.2) is 0 Å². The van der Waals surface area contributed by atoms with Crippen LogP contribution in [-0.2, 0) is 13.7 Å². The lowest BCUT2D eigenvalue weighted by molar-refractivity contribution is -0.0496. The van der Waals surface area contributed by atoms with Crippen molar-refractivity contribution in [1.82, 2.24) is 0 Å². The largest absolute Gasteiger partial charge is 0.524 e. The summed E-state index contributed by atoms with van der Waals surface area (Å²) in [5.74, 6) is 0. The summed E-state index contributed by atoms with van der Waals surface area (Å²) < 4.78 is 73.5. The first-order valence-electron chi connectivity index (χ1n) is 10.2. The molecule has 0 saturated carbocycles. The summed E-state index contributed by atoms with van der Waals surface area (Å²) in [6, 6.07) is 21.0. The summed E-state index contributed by atoms with van der Waals surface area (Å²) in [6.45, 7) is 5.69. The van der Waals surface area contributed by atoms with Crippen molar-refractivity contribution < 1.29 is 25.2 Å². The van der Waals surface area contributed by atoms with Crippen LogP contribution < -0.4 is 0 Å². The van der Waals surface area contributed by atoms with Crippen molar-refractivity contribution in [3.63, 3.8) is 0 Å². The Labute approximate surface area is 216 Å². The number of thiophene rings is 2. The second-order valence-corrected chi connectivity index (χ2v) is 16.3. The predicted molar refractivity (Wildman–Crippen MR) is 138 cm³/mol. The summed E-state index contributed by atoms with van der Waals surface area (Å²) in [5, 5.41) is 0. The van der Waals surface area contributed by atoms with Gasteiger partial charge in [-0.05, 0) is 79.6 Å². The topological polar surface area (TPSA) is 43.4 Å². The Morgan fingerprint density at radius 2 is 1.20 bits per heavy atom. The summed E-state index contributed by atoms with van der Waals surface area (Å²) >= 11 is 4.34. The fourth-order valence-electron chi connectivity index (χ4n) is 3.19. The van der Waals surface area contributed by atoms with Gasteiger partial charge in [-0.1, -0.05) is 47.2 Å². The van der Waals surface area contributed by atoms with Gasteiger partial charge in [-0.2, -0.15) is 25.2 Å². The van der Waals surface area contributed by atoms with Crippen LogP contribution in [0.3, 0.4) is 0 Å². The molecule has 0 radical (unpaired) electrons. The molecule has 0 N–H and O–H groups in total. The molecule has 2 aromatic heterocycles. The molecule has 0 aliphatic rings. The zero-order valence-electron chi connectivity index (χ0n) is 18.8. The first-order valence-corrected chi connectivity index (χ1v) is 15.7. The van der Waals surface area contributed by atoms with Crippen LogP contribution in [0.5, 0.6) is 0 Å². The highest BCUT2D eigenvalue weighted by Crippen LogP contribution is 2.72. The predicted octanol–water partition coefficient (Wildman–Crippen LogP) is 8.95. The SMILES string of the molecule is Cc1ccc(S(OS(=O)(=O)C(F)(F)F)(c2ccc(C)cc2)c2ccc(Sc3ccc(C)s3)s2)cc1. The number of alkyl halides is 3. The molecule has 35 heavy (non-hydrogen) atoms. The minimum absolute atomic E-state index is 0.366. The van der Waals surface area contributed by atoms with Crippen LogP contribution in [0.25, 0.3) is 0 Å². The average Bonchev–Trinajstić information content (AvgIpc) is 3.42. The van der Waals surface area contributed by atoms with E-state index in [-0.39, 0.29) is 0 Å². The second-order valence-electron chi connectivity index (χ2n) is 7.69. The molecule has 0 spiro atoms. The molecule has 0 amide bonds. The number of hydrogen-bond acceptors (Lipinski definition) is 6. The fourth-order valence-corrected chi connectivity index (χ4v) is 12.5. The van der Waals surface area contributed by atoms with Gasteiger partial charge in [0.05, 0.1) is 12.6 Å². The molecule has 186 valence electrons. The van der Waals surface area contributed by atoms with E-state index >= 15 is 0 Å². The van der Waals surface area contributed by atoms with Gasteiger partial charge in [-0.3, -0.25) is 0 Å². The maximum atomic E-state index is 13.6. The third kappa shape index (κ3) is 5.50. The summed E-state index contributed by atoms with van der Waals surface area (Å²) in [4.78, 5) is 1.87. The van der Waals surface area contributed by atoms with Crippen molar-refractivity contribution in [2.75, 3.05) is 0 Å². The van der Waals surface area contributed by atoms with Crippen LogP contribution in [0.1, 0.15) is 16.0 Å². The third-order valence-electron chi connectivity index (χ3n) is 4.94. The molecule has 2 aromatic carbocycles. The van der Waals surface area contributed by atoms with E-state index in [9.17, 15) is 21.6 Å². The lowest BCUT2D eigenvalue weighted by atomic mass is 10.2. The van der Waals surface area contributed by atoms with Gasteiger partial charge in [0.25, 0.3) is 0 Å². The van der Waals surface area contributed by atoms with Crippen molar-refractivity contribution in [3.05, 3.63) is 88.8 Å². The van der Waals surface area contributed by atoms with E-state index in [0.29, 0.717) is 14.0 Å². The first kappa shape index (κ1) is 26.3. The van der Waals surface area contributed by atoms with Crippen LogP contribution in [0.2, 0.25) is 0 Å². The van der Waals surface area contributed by atoms with Crippen molar-refractivity contribution >= 4 is 54.9 Å². The second kappa shape index (κ2) is 9.95. The molecule has 3 nitrogen and oxygen atoms in total. The fraction of sp³-hybridized carbons (Fsp3) is 0.167. The highest BCUT2D eigenvalue weighted by molar-refractivity contribution is 8.34. The van der Waals surface area contributed by atoms with E-state index in [1.165, 1.54) is 23.1 Å². The normalized spacial score (nSPS) is 13.2. The molecule has 0 fully saturated rings. The number of aryl methyl sites for hydroxylation is 3. The summed E-state index contributed by atoms with van der Waals surface area (Å²) in [7, 11) is -9.20. The highest BCUT2D eigenvalue weighted by Gasteiger charge is 2.52. The zero-order chi connectivity index (χ0) is 25.4. The molecular weight excluding hydrogens is 554 g/mol. The van der Waals surface area contributed by atoms with Crippen LogP contribution in [0, 0.1) is 20.8 Å². The standard InChI is InChI=1S/C24H21F3O3S5/c1-16-4-9-19(10-5-16)34(20-11-6-17(2)7-12-20,30-35(28,29)24(25,26)27)23-15-14-22(33-23)32-21-13-8-18(3)31-21/h4-15H,1-3H3. The maximum absolute atomic E-state index is 13.6. The Hall–Kier alpha value is -1.76. The number of halogens is 3. The lowest BCUT2D eigenvalue weighted by Crippen LogP contribution is -2.27. The summed E-state index contributed by atoms with van der Waals surface area (Å²) in [5.41, 5.74) is -3.79. The smallest absolute Gasteiger partial charge is 0.199 e. The van der Waals surface area contributed by atoms with Crippen molar-refractivity contribution in [1.29, 1.82) is 0 Å². The number of hydrogen-bond donors (Lipinski definition) is 0. The van der Waals surface area contributed by atoms with Crippen LogP contribution in [0.4, 0.5) is 13.2 Å². The monoisotopic (exact) mass is 574 g/mol. The lowest BCUT2D eigenvalue weighted by Gasteiger charge is -2.38. The number of rotatable bonds is 7. The highest BCUT2D eigenvalue weighted by atomic mass is 32.3. The molecule has 0 aliphatic carbocycles. The van der Waals surface area contributed by atoms with Crippen LogP contribution in [-0.4, -0.2) is 13.9 Å². The first-order chi connectivity index (χ1) is 16.4. The van der Waals surface area contributed by atoms with E-state index in [1.807, 2.05) is 32.9 Å². The van der Waals surface area contributed by atoms with Gasteiger partial charge in [0.15, 0.2) is 0 Å². The molecule has 11 heteroatoms. The van der Waals surface area contributed by atoms with Crippen molar-refractivity contribution in [3.8, 4) is 0 Å². The average molecular weight is 575 g/mol. The van der Waals surface area contributed by atoms with Crippen molar-refractivity contribution in [2.45, 2.75) is 48.7 Å². The van der Waals surface area contributed by atoms with Gasteiger partial charge in [-0.15, -0.1) is 22.7 Å². The molecule has 0 saturated heterocycles. The molecule has 0 atom stereocenters. The Morgan fingerprint density at radius 1 is 0.714 bits per heavy atom. The molecule has 2 heterocycles. The molecule has 0 unspecified atom stereocenters. The van der Waals surface area contributed by atoms with Gasteiger partial charge < -0.3 is 0 Å². The van der Waals surface area contributed by atoms with Gasteiger partial charge >= 0.3 is 15.6 Å². The van der Waals surface area contributed by atoms with Crippen LogP contribution in [0.15, 0.2) is 95.2 Å². The minimum atomic E-state index is -5.93. The van der Waals surface area contributed by atoms with Gasteiger partial charge in [0.2, 0.25) is 0 Å². The summed E-state index contributed by atoms with van der Waals surface area (Å²) in [6.07, 6.45) is 0. The van der Waals surface area contributed by atoms with E-state index in [0.717, 1.165) is 24.4 Å². The quantitative estimate of drug-likeness (QED) is 0.207. The molecule has 4 rings (SSSR count). The molecule has 4 aromatic rings. The van der Waals surface area contributed by atoms with E-state index in [4.69, 9.17) is 3.63 Å². The van der Waals surface area contributed by atoms with E-state index in [1.54, 1.807) is 72.0 Å². The number of benzene rings is 2. The van der Waals surface area contributed by atoms with Gasteiger partial charge in [0, 0.05) is 14.7 Å². The Bertz CT molecular complexity index is 1370.